The number of rotatable bonds is 6. The highest BCUT2D eigenvalue weighted by Gasteiger charge is 2.61. The fraction of sp³-hybridized carbons (Fsp3) is 0.682. The Balaban J connectivity index is 1.41. The number of carbonyl (C=O) groups is 1. The van der Waals surface area contributed by atoms with Crippen LogP contribution in [0.15, 0.2) is 12.3 Å². The van der Waals surface area contributed by atoms with E-state index in [2.05, 4.69) is 10.2 Å². The first-order valence-electron chi connectivity index (χ1n) is 11.2. The van der Waals surface area contributed by atoms with E-state index in [0.29, 0.717) is 30.5 Å². The van der Waals surface area contributed by atoms with Crippen LogP contribution in [0.3, 0.4) is 0 Å². The Morgan fingerprint density at radius 3 is 2.56 bits per heavy atom. The molecule has 6 rings (SSSR count). The molecule has 172 valence electrons. The molecule has 2 atom stereocenters. The molecule has 32 heavy (non-hydrogen) atoms. The molecule has 4 aliphatic rings. The fourth-order valence-corrected chi connectivity index (χ4v) is 7.42. The van der Waals surface area contributed by atoms with Crippen LogP contribution in [0.25, 0.3) is 0 Å². The molecular weight excluding hydrogens is 432 g/mol. The minimum absolute atomic E-state index is 0.0841. The van der Waals surface area contributed by atoms with Crippen molar-refractivity contribution in [3.63, 3.8) is 0 Å². The monoisotopic (exact) mass is 460 g/mol. The van der Waals surface area contributed by atoms with Gasteiger partial charge in [-0.3, -0.25) is 9.48 Å². The molecule has 4 fully saturated rings. The van der Waals surface area contributed by atoms with E-state index in [1.54, 1.807) is 9.58 Å². The number of nitrogens with zero attached hydrogens (tertiary/aromatic N) is 6. The van der Waals surface area contributed by atoms with Crippen molar-refractivity contribution in [2.75, 3.05) is 7.05 Å². The number of carbonyl (C=O) groups excluding carboxylic acids is 1. The minimum atomic E-state index is -0.502. The zero-order valence-corrected chi connectivity index (χ0v) is 19.5. The van der Waals surface area contributed by atoms with Gasteiger partial charge in [0.15, 0.2) is 5.02 Å². The lowest BCUT2D eigenvalue weighted by atomic mass is 9.46. The van der Waals surface area contributed by atoms with E-state index in [-0.39, 0.29) is 27.7 Å². The molecule has 2 heterocycles. The molecule has 2 unspecified atom stereocenters. The highest BCUT2D eigenvalue weighted by Crippen LogP contribution is 2.65. The average molecular weight is 461 g/mol. The van der Waals surface area contributed by atoms with Crippen molar-refractivity contribution in [3.8, 4) is 0 Å². The van der Waals surface area contributed by atoms with Crippen molar-refractivity contribution < 1.29 is 9.72 Å². The molecule has 4 bridgehead atoms. The summed E-state index contributed by atoms with van der Waals surface area (Å²) in [5.74, 6) is 0.909. The first-order chi connectivity index (χ1) is 15.1. The smallest absolute Gasteiger partial charge is 0.358 e. The molecule has 9 nitrogen and oxygen atoms in total. The van der Waals surface area contributed by atoms with Crippen LogP contribution < -0.4 is 0 Å². The molecule has 1 amide bonds. The van der Waals surface area contributed by atoms with E-state index in [0.717, 1.165) is 37.8 Å². The third-order valence-electron chi connectivity index (χ3n) is 7.92. The number of nitro groups is 1. The summed E-state index contributed by atoms with van der Waals surface area (Å²) < 4.78 is 3.59. The Kier molecular flexibility index (Phi) is 4.89. The van der Waals surface area contributed by atoms with Crippen LogP contribution in [0.5, 0.6) is 0 Å². The molecule has 2 aromatic heterocycles. The second kappa shape index (κ2) is 7.30. The van der Waals surface area contributed by atoms with Gasteiger partial charge in [-0.25, -0.2) is 0 Å². The van der Waals surface area contributed by atoms with Crippen molar-refractivity contribution in [2.45, 2.75) is 64.0 Å². The zero-order chi connectivity index (χ0) is 22.8. The van der Waals surface area contributed by atoms with Gasteiger partial charge in [-0.2, -0.15) is 9.78 Å². The quantitative estimate of drug-likeness (QED) is 0.481. The summed E-state index contributed by atoms with van der Waals surface area (Å²) in [6, 6.07) is 1.93. The van der Waals surface area contributed by atoms with Gasteiger partial charge in [0.25, 0.3) is 0 Å². The summed E-state index contributed by atoms with van der Waals surface area (Å²) in [5.41, 5.74) is 1.17. The average Bonchev–Trinajstić information content (AvgIpc) is 3.23. The van der Waals surface area contributed by atoms with E-state index >= 15 is 0 Å². The number of hydrogen-bond donors (Lipinski definition) is 0. The van der Waals surface area contributed by atoms with Gasteiger partial charge in [-0.1, -0.05) is 11.6 Å². The molecule has 4 saturated carbocycles. The molecule has 0 spiro atoms. The highest BCUT2D eigenvalue weighted by atomic mass is 35.5. The summed E-state index contributed by atoms with van der Waals surface area (Å²) in [6.45, 7) is 2.31. The molecule has 10 heteroatoms. The van der Waals surface area contributed by atoms with Gasteiger partial charge in [0.05, 0.1) is 28.6 Å². The summed E-state index contributed by atoms with van der Waals surface area (Å²) in [6.07, 6.45) is 8.39. The van der Waals surface area contributed by atoms with Crippen LogP contribution in [0.4, 0.5) is 5.82 Å². The van der Waals surface area contributed by atoms with Gasteiger partial charge >= 0.3 is 5.82 Å². The Morgan fingerprint density at radius 1 is 1.31 bits per heavy atom. The van der Waals surface area contributed by atoms with Gasteiger partial charge in [-0.05, 0) is 73.7 Å². The Hall–Kier alpha value is -2.42. The molecule has 0 N–H and O–H groups in total. The topological polar surface area (TPSA) is 99.1 Å². The molecule has 0 aromatic carbocycles. The molecule has 0 radical (unpaired) electrons. The molecular formula is C22H29ClN6O3. The lowest BCUT2D eigenvalue weighted by Gasteiger charge is -2.61. The molecule has 0 saturated heterocycles. The zero-order valence-electron chi connectivity index (χ0n) is 18.8. The number of amides is 1. The van der Waals surface area contributed by atoms with Crippen molar-refractivity contribution in [1.29, 1.82) is 0 Å². The predicted octanol–water partition coefficient (Wildman–Crippen LogP) is 3.83. The summed E-state index contributed by atoms with van der Waals surface area (Å²) >= 11 is 6.29. The highest BCUT2D eigenvalue weighted by molar-refractivity contribution is 6.33. The van der Waals surface area contributed by atoms with Crippen LogP contribution >= 0.6 is 11.6 Å². The largest absolute Gasteiger partial charge is 0.408 e. The van der Waals surface area contributed by atoms with E-state index in [1.807, 2.05) is 38.0 Å². The van der Waals surface area contributed by atoms with Gasteiger partial charge in [0.2, 0.25) is 5.91 Å². The van der Waals surface area contributed by atoms with Crippen LogP contribution in [0, 0.1) is 34.3 Å². The third-order valence-corrected chi connectivity index (χ3v) is 8.36. The summed E-state index contributed by atoms with van der Waals surface area (Å²) in [5, 5.41) is 20.3. The maximum absolute atomic E-state index is 13.3. The molecule has 0 aliphatic heterocycles. The van der Waals surface area contributed by atoms with Crippen molar-refractivity contribution >= 4 is 23.3 Å². The Labute approximate surface area is 191 Å². The van der Waals surface area contributed by atoms with E-state index in [9.17, 15) is 14.9 Å². The summed E-state index contributed by atoms with van der Waals surface area (Å²) in [7, 11) is 3.71. The van der Waals surface area contributed by atoms with Crippen LogP contribution in [-0.2, 0) is 23.9 Å². The molecule has 4 aliphatic carbocycles. The number of hydrogen-bond acceptors (Lipinski definition) is 5. The van der Waals surface area contributed by atoms with Crippen LogP contribution in [0.2, 0.25) is 5.02 Å². The van der Waals surface area contributed by atoms with Crippen molar-refractivity contribution in [1.82, 2.24) is 24.5 Å². The normalized spacial score (nSPS) is 30.6. The van der Waals surface area contributed by atoms with E-state index < -0.39 is 4.92 Å². The van der Waals surface area contributed by atoms with Gasteiger partial charge in [0, 0.05) is 26.7 Å². The van der Waals surface area contributed by atoms with Crippen LogP contribution in [-0.4, -0.2) is 42.3 Å². The van der Waals surface area contributed by atoms with Gasteiger partial charge in [-0.15, -0.1) is 0 Å². The Bertz CT molecular complexity index is 1080. The van der Waals surface area contributed by atoms with E-state index in [4.69, 9.17) is 11.6 Å². The number of aryl methyl sites for hydroxylation is 1. The lowest BCUT2D eigenvalue weighted by Crippen LogP contribution is -2.58. The van der Waals surface area contributed by atoms with Gasteiger partial charge < -0.3 is 15.0 Å². The van der Waals surface area contributed by atoms with Gasteiger partial charge in [0.1, 0.15) is 0 Å². The van der Waals surface area contributed by atoms with Crippen molar-refractivity contribution in [3.05, 3.63) is 38.8 Å². The minimum Gasteiger partial charge on any atom is -0.358 e. The maximum atomic E-state index is 13.3. The summed E-state index contributed by atoms with van der Waals surface area (Å²) in [4.78, 5) is 26.0. The Morgan fingerprint density at radius 2 is 2.00 bits per heavy atom. The van der Waals surface area contributed by atoms with E-state index in [1.165, 1.54) is 6.42 Å². The van der Waals surface area contributed by atoms with Crippen LogP contribution in [0.1, 0.15) is 56.3 Å². The second-order valence-corrected chi connectivity index (χ2v) is 10.9. The lowest BCUT2D eigenvalue weighted by molar-refractivity contribution is -0.389. The first kappa shape index (κ1) is 21.4. The third kappa shape index (κ3) is 3.41. The second-order valence-electron chi connectivity index (χ2n) is 10.5. The molecule has 2 aromatic rings. The maximum Gasteiger partial charge on any atom is 0.408 e. The fourth-order valence-electron chi connectivity index (χ4n) is 7.24. The van der Waals surface area contributed by atoms with Crippen molar-refractivity contribution in [2.24, 2.45) is 24.3 Å². The SMILES string of the molecule is Cc1c(Cl)c([N+](=O)[O-])nn1C12CC3CC(CC(CC(=O)N(C)Cc4ccn(C)n4)(C3)C1)C2. The first-order valence-corrected chi connectivity index (χ1v) is 11.6. The number of aromatic nitrogens is 4. The number of halogens is 1. The predicted molar refractivity (Wildman–Crippen MR) is 118 cm³/mol. The standard InChI is InChI=1S/C22H29ClN6O3/c1-14-19(23)20(29(31)32)25-28(14)22-9-15-6-16(10-22)8-21(7-15,13-22)11-18(30)26(2)12-17-4-5-27(3)24-17/h4-5,15-16H,6-13H2,1-3H3.